The number of hydrogen-bond acceptors (Lipinski definition) is 4. The molecule has 4 rings (SSSR count). The van der Waals surface area contributed by atoms with Gasteiger partial charge >= 0.3 is 0 Å². The van der Waals surface area contributed by atoms with Crippen molar-refractivity contribution in [3.8, 4) is 5.75 Å². The molecule has 0 N–H and O–H groups in total. The second kappa shape index (κ2) is 10.2. The molecule has 0 bridgehead atoms. The van der Waals surface area contributed by atoms with Crippen molar-refractivity contribution >= 4 is 23.1 Å². The Hall–Kier alpha value is -3.44. The van der Waals surface area contributed by atoms with Gasteiger partial charge in [0, 0.05) is 22.9 Å². The zero-order valence-corrected chi connectivity index (χ0v) is 18.3. The zero-order valence-electron chi connectivity index (χ0n) is 18.3. The van der Waals surface area contributed by atoms with E-state index < -0.39 is 0 Å². The van der Waals surface area contributed by atoms with Crippen molar-refractivity contribution in [1.29, 1.82) is 0 Å². The summed E-state index contributed by atoms with van der Waals surface area (Å²) in [6, 6.07) is 26.7. The van der Waals surface area contributed by atoms with Gasteiger partial charge in [-0.05, 0) is 74.5 Å². The lowest BCUT2D eigenvalue weighted by atomic mass is 9.89. The van der Waals surface area contributed by atoms with Gasteiger partial charge in [0.2, 0.25) is 5.91 Å². The maximum Gasteiger partial charge on any atom is 0.245 e. The highest BCUT2D eigenvalue weighted by atomic mass is 16.5. The highest BCUT2D eigenvalue weighted by Gasteiger charge is 2.28. The topological polar surface area (TPSA) is 49.9 Å². The van der Waals surface area contributed by atoms with Crippen molar-refractivity contribution in [3.63, 3.8) is 0 Å². The number of likely N-dealkylation sites (tertiary alicyclic amines) is 1. The summed E-state index contributed by atoms with van der Waals surface area (Å²) in [6.07, 6.45) is 1.52. The van der Waals surface area contributed by atoms with Gasteiger partial charge in [0.05, 0.1) is 13.7 Å². The standard InChI is InChI=1S/C27H28N2O3/c1-32-25-14-12-21(13-15-25)27(31)22-16-18-28(19-17-22)20-26(30)29(23-8-4-2-5-9-23)24-10-6-3-7-11-24/h2-15,22H,16-20H2,1H3. The molecule has 1 aliphatic heterocycles. The number of piperidine rings is 1. The Morgan fingerprint density at radius 3 is 1.88 bits per heavy atom. The van der Waals surface area contributed by atoms with Gasteiger partial charge in [-0.25, -0.2) is 0 Å². The van der Waals surface area contributed by atoms with Crippen LogP contribution in [0.4, 0.5) is 11.4 Å². The molecule has 0 unspecified atom stereocenters. The quantitative estimate of drug-likeness (QED) is 0.500. The Morgan fingerprint density at radius 2 is 1.38 bits per heavy atom. The van der Waals surface area contributed by atoms with Gasteiger partial charge < -0.3 is 4.74 Å². The molecule has 5 nitrogen and oxygen atoms in total. The predicted molar refractivity (Wildman–Crippen MR) is 127 cm³/mol. The molecule has 1 fully saturated rings. The number of para-hydroxylation sites is 2. The first kappa shape index (κ1) is 21.8. The minimum absolute atomic E-state index is 0.00547. The van der Waals surface area contributed by atoms with E-state index >= 15 is 0 Å². The Balaban J connectivity index is 1.39. The lowest BCUT2D eigenvalue weighted by Crippen LogP contribution is -2.43. The predicted octanol–water partition coefficient (Wildman–Crippen LogP) is 4.95. The molecule has 0 radical (unpaired) electrons. The third-order valence-electron chi connectivity index (χ3n) is 5.97. The number of nitrogens with zero attached hydrogens (tertiary/aromatic N) is 2. The minimum Gasteiger partial charge on any atom is -0.497 e. The van der Waals surface area contributed by atoms with Crippen molar-refractivity contribution in [1.82, 2.24) is 4.90 Å². The maximum atomic E-state index is 13.3. The summed E-state index contributed by atoms with van der Waals surface area (Å²) in [7, 11) is 1.62. The van der Waals surface area contributed by atoms with Crippen LogP contribution in [0.15, 0.2) is 84.9 Å². The Labute approximate surface area is 189 Å². The number of Topliss-reactive ketones (excluding diaryl/α,β-unsaturated/α-hetero) is 1. The van der Waals surface area contributed by atoms with Crippen LogP contribution in [-0.4, -0.2) is 43.3 Å². The van der Waals surface area contributed by atoms with Crippen molar-refractivity contribution in [3.05, 3.63) is 90.5 Å². The van der Waals surface area contributed by atoms with Gasteiger partial charge in [0.25, 0.3) is 0 Å². The van der Waals surface area contributed by atoms with Crippen LogP contribution in [-0.2, 0) is 4.79 Å². The van der Waals surface area contributed by atoms with Crippen molar-refractivity contribution < 1.29 is 14.3 Å². The van der Waals surface area contributed by atoms with Gasteiger partial charge in [-0.2, -0.15) is 0 Å². The highest BCUT2D eigenvalue weighted by molar-refractivity contribution is 6.01. The lowest BCUT2D eigenvalue weighted by Gasteiger charge is -2.32. The zero-order chi connectivity index (χ0) is 22.3. The van der Waals surface area contributed by atoms with Crippen molar-refractivity contribution in [2.45, 2.75) is 12.8 Å². The van der Waals surface area contributed by atoms with Crippen molar-refractivity contribution in [2.24, 2.45) is 5.92 Å². The molecule has 3 aromatic carbocycles. The van der Waals surface area contributed by atoms with Crippen LogP contribution in [0.25, 0.3) is 0 Å². The molecule has 5 heteroatoms. The van der Waals surface area contributed by atoms with Crippen LogP contribution in [0.1, 0.15) is 23.2 Å². The molecule has 3 aromatic rings. The Morgan fingerprint density at radius 1 is 0.844 bits per heavy atom. The highest BCUT2D eigenvalue weighted by Crippen LogP contribution is 2.27. The number of carbonyl (C=O) groups excluding carboxylic acids is 2. The van der Waals surface area contributed by atoms with Crippen LogP contribution >= 0.6 is 0 Å². The number of hydrogen-bond donors (Lipinski definition) is 0. The molecule has 0 spiro atoms. The first-order valence-electron chi connectivity index (χ1n) is 11.0. The summed E-state index contributed by atoms with van der Waals surface area (Å²) in [5.74, 6) is 0.946. The van der Waals surface area contributed by atoms with Crippen LogP contribution in [0.3, 0.4) is 0 Å². The number of ether oxygens (including phenoxy) is 1. The first-order chi connectivity index (χ1) is 15.7. The summed E-state index contributed by atoms with van der Waals surface area (Å²) >= 11 is 0. The largest absolute Gasteiger partial charge is 0.497 e. The average Bonchev–Trinajstić information content (AvgIpc) is 2.85. The van der Waals surface area contributed by atoms with E-state index in [1.807, 2.05) is 84.9 Å². The number of carbonyl (C=O) groups is 2. The number of benzene rings is 3. The Bertz CT molecular complexity index is 988. The van der Waals surface area contributed by atoms with E-state index in [-0.39, 0.29) is 17.6 Å². The fourth-order valence-corrected chi connectivity index (χ4v) is 4.20. The fraction of sp³-hybridized carbons (Fsp3) is 0.259. The molecule has 0 aliphatic carbocycles. The average molecular weight is 429 g/mol. The summed E-state index contributed by atoms with van der Waals surface area (Å²) in [6.45, 7) is 1.79. The molecule has 1 saturated heterocycles. The third kappa shape index (κ3) is 5.06. The number of ketones is 1. The molecule has 1 heterocycles. The number of rotatable bonds is 7. The Kier molecular flexibility index (Phi) is 6.97. The van der Waals surface area contributed by atoms with E-state index in [0.29, 0.717) is 6.54 Å². The molecule has 1 amide bonds. The van der Waals surface area contributed by atoms with Crippen molar-refractivity contribution in [2.75, 3.05) is 31.6 Å². The van der Waals surface area contributed by atoms with Crippen LogP contribution in [0.2, 0.25) is 0 Å². The van der Waals surface area contributed by atoms with Crippen LogP contribution in [0.5, 0.6) is 5.75 Å². The SMILES string of the molecule is COc1ccc(C(=O)C2CCN(CC(=O)N(c3ccccc3)c3ccccc3)CC2)cc1. The normalized spacial score (nSPS) is 14.7. The first-order valence-corrected chi connectivity index (χ1v) is 11.0. The monoisotopic (exact) mass is 428 g/mol. The molecule has 0 saturated carbocycles. The van der Waals surface area contributed by atoms with Crippen LogP contribution < -0.4 is 9.64 Å². The molecule has 0 atom stereocenters. The summed E-state index contributed by atoms with van der Waals surface area (Å²) in [5.41, 5.74) is 2.43. The smallest absolute Gasteiger partial charge is 0.245 e. The lowest BCUT2D eigenvalue weighted by molar-refractivity contribution is -0.119. The van der Waals surface area contributed by atoms with Gasteiger partial charge in [0.15, 0.2) is 5.78 Å². The van der Waals surface area contributed by atoms with Gasteiger partial charge in [0.1, 0.15) is 5.75 Å². The van der Waals surface area contributed by atoms with E-state index in [1.165, 1.54) is 0 Å². The summed E-state index contributed by atoms with van der Waals surface area (Å²) in [4.78, 5) is 30.1. The van der Waals surface area contributed by atoms with Crippen LogP contribution in [0, 0.1) is 5.92 Å². The molecule has 32 heavy (non-hydrogen) atoms. The molecular weight excluding hydrogens is 400 g/mol. The van der Waals surface area contributed by atoms with E-state index in [9.17, 15) is 9.59 Å². The second-order valence-corrected chi connectivity index (χ2v) is 8.04. The third-order valence-corrected chi connectivity index (χ3v) is 5.97. The maximum absolute atomic E-state index is 13.3. The molecular formula is C27H28N2O3. The van der Waals surface area contributed by atoms with Gasteiger partial charge in [-0.1, -0.05) is 36.4 Å². The molecule has 0 aromatic heterocycles. The minimum atomic E-state index is -0.00547. The molecule has 1 aliphatic rings. The fourth-order valence-electron chi connectivity index (χ4n) is 4.20. The number of methoxy groups -OCH3 is 1. The van der Waals surface area contributed by atoms with E-state index in [0.717, 1.165) is 48.6 Å². The number of amides is 1. The van der Waals surface area contributed by atoms with E-state index in [4.69, 9.17) is 4.74 Å². The summed E-state index contributed by atoms with van der Waals surface area (Å²) in [5, 5.41) is 0. The second-order valence-electron chi connectivity index (χ2n) is 8.04. The van der Waals surface area contributed by atoms with Gasteiger partial charge in [-0.3, -0.25) is 19.4 Å². The summed E-state index contributed by atoms with van der Waals surface area (Å²) < 4.78 is 5.17. The number of anilines is 2. The van der Waals surface area contributed by atoms with E-state index in [1.54, 1.807) is 12.0 Å². The van der Waals surface area contributed by atoms with Gasteiger partial charge in [-0.15, -0.1) is 0 Å². The molecule has 164 valence electrons. The van der Waals surface area contributed by atoms with E-state index in [2.05, 4.69) is 4.90 Å².